The molecule has 3 aliphatic rings. The molecule has 1 aromatic rings. The molecule has 0 aromatic carbocycles. The maximum atomic E-state index is 13.2. The molecule has 1 aromatic heterocycles. The van der Waals surface area contributed by atoms with E-state index in [1.165, 1.54) is 31.7 Å². The lowest BCUT2D eigenvalue weighted by Gasteiger charge is -2.39. The Balaban J connectivity index is 1.24. The lowest BCUT2D eigenvalue weighted by atomic mass is 9.80. The summed E-state index contributed by atoms with van der Waals surface area (Å²) in [6.07, 6.45) is 10.2. The first-order valence-electron chi connectivity index (χ1n) is 12.0. The Morgan fingerprint density at radius 3 is 2.45 bits per heavy atom. The SMILES string of the molecule is CCN(c1ncc(F)cn1)C1CCN(CC2CCN([C@H](CC3CCC3)C(=O)O)C2)CC1. The zero-order valence-corrected chi connectivity index (χ0v) is 18.6. The number of nitrogens with zero attached hydrogens (tertiary/aromatic N) is 5. The average Bonchev–Trinajstić information content (AvgIpc) is 3.18. The molecule has 1 N–H and O–H groups in total. The predicted molar refractivity (Wildman–Crippen MR) is 118 cm³/mol. The number of halogens is 1. The fourth-order valence-electron chi connectivity index (χ4n) is 5.54. The number of hydrogen-bond acceptors (Lipinski definition) is 6. The van der Waals surface area contributed by atoms with Crippen molar-refractivity contribution >= 4 is 11.9 Å². The van der Waals surface area contributed by atoms with E-state index in [9.17, 15) is 14.3 Å². The Labute approximate surface area is 184 Å². The van der Waals surface area contributed by atoms with Crippen molar-refractivity contribution in [2.24, 2.45) is 11.8 Å². The zero-order chi connectivity index (χ0) is 21.8. The second kappa shape index (κ2) is 10.2. The number of rotatable bonds is 9. The van der Waals surface area contributed by atoms with Crippen molar-refractivity contribution < 1.29 is 14.3 Å². The van der Waals surface area contributed by atoms with Gasteiger partial charge in [0.15, 0.2) is 5.82 Å². The Bertz CT molecular complexity index is 721. The lowest BCUT2D eigenvalue weighted by molar-refractivity contribution is -0.144. The molecule has 3 heterocycles. The van der Waals surface area contributed by atoms with Crippen molar-refractivity contribution in [3.05, 3.63) is 18.2 Å². The van der Waals surface area contributed by atoms with Gasteiger partial charge in [0.05, 0.1) is 12.4 Å². The number of hydrogen-bond donors (Lipinski definition) is 1. The van der Waals surface area contributed by atoms with Crippen molar-refractivity contribution in [3.63, 3.8) is 0 Å². The van der Waals surface area contributed by atoms with E-state index in [1.54, 1.807) is 0 Å². The highest BCUT2D eigenvalue weighted by Crippen LogP contribution is 2.33. The smallest absolute Gasteiger partial charge is 0.320 e. The number of carbonyl (C=O) groups is 1. The third-order valence-corrected chi connectivity index (χ3v) is 7.54. The van der Waals surface area contributed by atoms with Crippen molar-refractivity contribution in [2.45, 2.75) is 64.0 Å². The summed E-state index contributed by atoms with van der Waals surface area (Å²) in [5.41, 5.74) is 0. The van der Waals surface area contributed by atoms with Crippen LogP contribution in [0.1, 0.15) is 51.9 Å². The first-order chi connectivity index (χ1) is 15.0. The van der Waals surface area contributed by atoms with Gasteiger partial charge in [-0.05, 0) is 51.0 Å². The molecule has 4 rings (SSSR count). The third-order valence-electron chi connectivity index (χ3n) is 7.54. The first kappa shape index (κ1) is 22.4. The molecule has 1 saturated carbocycles. The third kappa shape index (κ3) is 5.52. The van der Waals surface area contributed by atoms with Crippen LogP contribution in [0.5, 0.6) is 0 Å². The van der Waals surface area contributed by atoms with Gasteiger partial charge in [0, 0.05) is 38.8 Å². The van der Waals surface area contributed by atoms with Gasteiger partial charge >= 0.3 is 5.97 Å². The van der Waals surface area contributed by atoms with Crippen LogP contribution < -0.4 is 4.90 Å². The molecule has 0 bridgehead atoms. The van der Waals surface area contributed by atoms with Crippen molar-refractivity contribution in [3.8, 4) is 0 Å². The summed E-state index contributed by atoms with van der Waals surface area (Å²) in [5, 5.41) is 9.74. The molecule has 0 radical (unpaired) electrons. The number of carboxylic acid groups (broad SMARTS) is 1. The normalized spacial score (nSPS) is 24.8. The van der Waals surface area contributed by atoms with Crippen LogP contribution >= 0.6 is 0 Å². The monoisotopic (exact) mass is 433 g/mol. The number of carboxylic acids is 1. The van der Waals surface area contributed by atoms with Gasteiger partial charge in [-0.3, -0.25) is 9.69 Å². The minimum atomic E-state index is -0.643. The molecule has 0 spiro atoms. The van der Waals surface area contributed by atoms with Gasteiger partial charge in [-0.25, -0.2) is 14.4 Å². The highest BCUT2D eigenvalue weighted by atomic mass is 19.1. The minimum Gasteiger partial charge on any atom is -0.480 e. The van der Waals surface area contributed by atoms with E-state index < -0.39 is 11.8 Å². The zero-order valence-electron chi connectivity index (χ0n) is 18.6. The molecule has 7 nitrogen and oxygen atoms in total. The Morgan fingerprint density at radius 2 is 1.87 bits per heavy atom. The average molecular weight is 434 g/mol. The quantitative estimate of drug-likeness (QED) is 0.642. The fourth-order valence-corrected chi connectivity index (χ4v) is 5.54. The molecule has 1 aliphatic carbocycles. The topological polar surface area (TPSA) is 72.8 Å². The molecular formula is C23H36FN5O2. The van der Waals surface area contributed by atoms with Crippen molar-refractivity contribution in [1.29, 1.82) is 0 Å². The lowest BCUT2D eigenvalue weighted by Crippen LogP contribution is -2.47. The van der Waals surface area contributed by atoms with Gasteiger partial charge in [-0.2, -0.15) is 0 Å². The van der Waals surface area contributed by atoms with Crippen LogP contribution in [-0.4, -0.2) is 82.2 Å². The van der Waals surface area contributed by atoms with Crippen LogP contribution in [0.15, 0.2) is 12.4 Å². The molecule has 1 unspecified atom stereocenters. The van der Waals surface area contributed by atoms with Gasteiger partial charge < -0.3 is 14.9 Å². The summed E-state index contributed by atoms with van der Waals surface area (Å²) in [6, 6.07) is 0.0838. The molecule has 172 valence electrons. The Morgan fingerprint density at radius 1 is 1.16 bits per heavy atom. The van der Waals surface area contributed by atoms with Gasteiger partial charge in [-0.1, -0.05) is 19.3 Å². The van der Waals surface area contributed by atoms with Crippen LogP contribution in [0.3, 0.4) is 0 Å². The number of anilines is 1. The predicted octanol–water partition coefficient (Wildman–Crippen LogP) is 2.87. The summed E-state index contributed by atoms with van der Waals surface area (Å²) in [7, 11) is 0. The van der Waals surface area contributed by atoms with Crippen LogP contribution in [0.4, 0.5) is 10.3 Å². The first-order valence-corrected chi connectivity index (χ1v) is 12.0. The van der Waals surface area contributed by atoms with E-state index in [1.807, 2.05) is 0 Å². The summed E-state index contributed by atoms with van der Waals surface area (Å²) in [5.74, 6) is 0.738. The van der Waals surface area contributed by atoms with Crippen LogP contribution in [0.2, 0.25) is 0 Å². The number of aromatic nitrogens is 2. The summed E-state index contributed by atoms with van der Waals surface area (Å²) in [4.78, 5) is 27.1. The standard InChI is InChI=1S/C23H36FN5O2/c1-2-29(23-25-13-19(24)14-26-23)20-7-9-27(10-8-20)15-18-6-11-28(16-18)21(22(30)31)12-17-4-3-5-17/h13-14,17-18,20-21H,2-12,15-16H2,1H3,(H,30,31)/t18?,21-/m1/s1. The van der Waals surface area contributed by atoms with E-state index in [0.29, 0.717) is 23.8 Å². The second-order valence-corrected chi connectivity index (χ2v) is 9.56. The number of aliphatic carboxylic acids is 1. The van der Waals surface area contributed by atoms with E-state index in [4.69, 9.17) is 0 Å². The van der Waals surface area contributed by atoms with E-state index >= 15 is 0 Å². The Kier molecular flexibility index (Phi) is 7.38. The molecule has 0 amide bonds. The highest BCUT2D eigenvalue weighted by molar-refractivity contribution is 5.73. The van der Waals surface area contributed by atoms with Gasteiger partial charge in [-0.15, -0.1) is 0 Å². The summed E-state index contributed by atoms with van der Waals surface area (Å²) < 4.78 is 13.2. The molecule has 2 atom stereocenters. The largest absolute Gasteiger partial charge is 0.480 e. The fraction of sp³-hybridized carbons (Fsp3) is 0.783. The van der Waals surface area contributed by atoms with E-state index in [2.05, 4.69) is 31.6 Å². The molecule has 8 heteroatoms. The highest BCUT2D eigenvalue weighted by Gasteiger charge is 2.36. The molecule has 2 aliphatic heterocycles. The summed E-state index contributed by atoms with van der Waals surface area (Å²) in [6.45, 7) is 7.84. The van der Waals surface area contributed by atoms with Gasteiger partial charge in [0.25, 0.3) is 0 Å². The van der Waals surface area contributed by atoms with Gasteiger partial charge in [0.1, 0.15) is 6.04 Å². The second-order valence-electron chi connectivity index (χ2n) is 9.56. The maximum absolute atomic E-state index is 13.2. The van der Waals surface area contributed by atoms with Gasteiger partial charge in [0.2, 0.25) is 5.95 Å². The van der Waals surface area contributed by atoms with Crippen LogP contribution in [0, 0.1) is 17.7 Å². The van der Waals surface area contributed by atoms with Crippen molar-refractivity contribution in [1.82, 2.24) is 19.8 Å². The molecule has 31 heavy (non-hydrogen) atoms. The Hall–Kier alpha value is -1.80. The number of likely N-dealkylation sites (tertiary alicyclic amines) is 2. The minimum absolute atomic E-state index is 0.296. The van der Waals surface area contributed by atoms with E-state index in [-0.39, 0.29) is 6.04 Å². The number of piperidine rings is 1. The van der Waals surface area contributed by atoms with E-state index in [0.717, 1.165) is 65.0 Å². The maximum Gasteiger partial charge on any atom is 0.320 e. The molecule has 3 fully saturated rings. The van der Waals surface area contributed by atoms with Crippen LogP contribution in [0.25, 0.3) is 0 Å². The summed E-state index contributed by atoms with van der Waals surface area (Å²) >= 11 is 0. The van der Waals surface area contributed by atoms with Crippen LogP contribution in [-0.2, 0) is 4.79 Å². The molecular weight excluding hydrogens is 397 g/mol. The van der Waals surface area contributed by atoms with Crippen molar-refractivity contribution in [2.75, 3.05) is 44.2 Å². The molecule has 2 saturated heterocycles.